The van der Waals surface area contributed by atoms with Gasteiger partial charge in [-0.25, -0.2) is 4.98 Å². The molecule has 5 nitrogen and oxygen atoms in total. The number of thiazole rings is 1. The van der Waals surface area contributed by atoms with E-state index >= 15 is 0 Å². The summed E-state index contributed by atoms with van der Waals surface area (Å²) in [6.07, 6.45) is 0.235. The summed E-state index contributed by atoms with van der Waals surface area (Å²) in [4.78, 5) is 28.1. The van der Waals surface area contributed by atoms with Crippen molar-refractivity contribution < 1.29 is 9.59 Å². The number of hydrogen-bond acceptors (Lipinski definition) is 4. The third-order valence-corrected chi connectivity index (χ3v) is 4.94. The summed E-state index contributed by atoms with van der Waals surface area (Å²) < 4.78 is 0. The van der Waals surface area contributed by atoms with E-state index in [1.54, 1.807) is 0 Å². The van der Waals surface area contributed by atoms with Crippen LogP contribution in [0.15, 0.2) is 60.0 Å². The highest BCUT2D eigenvalue weighted by atomic mass is 32.1. The van der Waals surface area contributed by atoms with E-state index in [9.17, 15) is 9.59 Å². The van der Waals surface area contributed by atoms with Gasteiger partial charge < -0.3 is 10.6 Å². The number of aromatic nitrogens is 1. The van der Waals surface area contributed by atoms with E-state index in [-0.39, 0.29) is 24.3 Å². The molecule has 3 rings (SSSR count). The normalized spacial score (nSPS) is 11.6. The summed E-state index contributed by atoms with van der Waals surface area (Å²) in [7, 11) is 0. The number of anilines is 1. The maximum Gasteiger partial charge on any atom is 0.226 e. The van der Waals surface area contributed by atoms with Gasteiger partial charge in [0, 0.05) is 23.6 Å². The lowest BCUT2D eigenvalue weighted by atomic mass is 10.1. The van der Waals surface area contributed by atoms with Crippen molar-refractivity contribution in [3.8, 4) is 10.6 Å². The number of rotatable bonds is 6. The topological polar surface area (TPSA) is 71.1 Å². The van der Waals surface area contributed by atoms with Crippen LogP contribution in [0, 0.1) is 0 Å². The molecule has 6 heteroatoms. The van der Waals surface area contributed by atoms with Gasteiger partial charge in [0.25, 0.3) is 0 Å². The molecular formula is C21H21N3O2S. The second-order valence-electron chi connectivity index (χ2n) is 6.28. The number of nitrogens with zero attached hydrogens (tertiary/aromatic N) is 1. The van der Waals surface area contributed by atoms with E-state index in [0.29, 0.717) is 5.69 Å². The Morgan fingerprint density at radius 3 is 2.63 bits per heavy atom. The van der Waals surface area contributed by atoms with E-state index in [0.717, 1.165) is 21.8 Å². The Labute approximate surface area is 162 Å². The van der Waals surface area contributed by atoms with Crippen molar-refractivity contribution >= 4 is 28.8 Å². The molecule has 2 N–H and O–H groups in total. The summed E-state index contributed by atoms with van der Waals surface area (Å²) in [5, 5.41) is 8.57. The summed E-state index contributed by atoms with van der Waals surface area (Å²) in [5.41, 5.74) is 3.46. The number of nitrogens with one attached hydrogen (secondary N) is 2. The van der Waals surface area contributed by atoms with E-state index < -0.39 is 0 Å². The van der Waals surface area contributed by atoms with E-state index in [4.69, 9.17) is 0 Å². The molecule has 3 aromatic rings. The van der Waals surface area contributed by atoms with Crippen molar-refractivity contribution in [2.24, 2.45) is 0 Å². The molecule has 1 heterocycles. The van der Waals surface area contributed by atoms with Crippen molar-refractivity contribution in [2.45, 2.75) is 26.3 Å². The summed E-state index contributed by atoms with van der Waals surface area (Å²) >= 11 is 1.54. The fraction of sp³-hybridized carbons (Fsp3) is 0.190. The molecule has 0 radical (unpaired) electrons. The molecule has 0 spiro atoms. The highest BCUT2D eigenvalue weighted by molar-refractivity contribution is 7.13. The van der Waals surface area contributed by atoms with E-state index in [2.05, 4.69) is 15.6 Å². The van der Waals surface area contributed by atoms with Gasteiger partial charge in [-0.05, 0) is 24.6 Å². The van der Waals surface area contributed by atoms with Crippen molar-refractivity contribution in [3.63, 3.8) is 0 Å². The molecule has 0 aliphatic heterocycles. The van der Waals surface area contributed by atoms with E-state index in [1.165, 1.54) is 18.3 Å². The van der Waals surface area contributed by atoms with Crippen LogP contribution in [0.4, 0.5) is 5.69 Å². The average molecular weight is 379 g/mol. The summed E-state index contributed by atoms with van der Waals surface area (Å²) in [6.45, 7) is 3.39. The van der Waals surface area contributed by atoms with Gasteiger partial charge in [-0.15, -0.1) is 11.3 Å². The van der Waals surface area contributed by atoms with Crippen LogP contribution in [-0.2, 0) is 16.0 Å². The smallest absolute Gasteiger partial charge is 0.226 e. The number of carbonyl (C=O) groups is 2. The predicted molar refractivity (Wildman–Crippen MR) is 109 cm³/mol. The Hall–Kier alpha value is -2.99. The lowest BCUT2D eigenvalue weighted by Crippen LogP contribution is -2.28. The summed E-state index contributed by atoms with van der Waals surface area (Å²) in [6, 6.07) is 17.2. The second-order valence-corrected chi connectivity index (χ2v) is 7.14. The van der Waals surface area contributed by atoms with Crippen molar-refractivity contribution in [2.75, 3.05) is 5.32 Å². The van der Waals surface area contributed by atoms with Gasteiger partial charge in [-0.3, -0.25) is 9.59 Å². The molecule has 2 amide bonds. The first-order chi connectivity index (χ1) is 13.0. The Bertz CT molecular complexity index is 937. The molecule has 0 aliphatic rings. The van der Waals surface area contributed by atoms with Crippen LogP contribution >= 0.6 is 11.3 Å². The lowest BCUT2D eigenvalue weighted by Gasteiger charge is -2.15. The highest BCUT2D eigenvalue weighted by Crippen LogP contribution is 2.23. The average Bonchev–Trinajstić information content (AvgIpc) is 3.10. The van der Waals surface area contributed by atoms with Crippen LogP contribution in [0.25, 0.3) is 10.6 Å². The molecule has 27 heavy (non-hydrogen) atoms. The molecule has 0 bridgehead atoms. The quantitative estimate of drug-likeness (QED) is 0.675. The predicted octanol–water partition coefficient (Wildman–Crippen LogP) is 4.19. The fourth-order valence-electron chi connectivity index (χ4n) is 2.73. The molecule has 0 fully saturated rings. The molecule has 1 unspecified atom stereocenters. The van der Waals surface area contributed by atoms with Gasteiger partial charge in [-0.2, -0.15) is 0 Å². The molecule has 138 valence electrons. The van der Waals surface area contributed by atoms with Gasteiger partial charge in [0.15, 0.2) is 0 Å². The Balaban J connectivity index is 1.61. The molecule has 0 saturated heterocycles. The number of benzene rings is 2. The molecule has 0 saturated carbocycles. The zero-order valence-electron chi connectivity index (χ0n) is 15.2. The third kappa shape index (κ3) is 5.24. The van der Waals surface area contributed by atoms with Crippen molar-refractivity contribution in [3.05, 3.63) is 71.2 Å². The van der Waals surface area contributed by atoms with Gasteiger partial charge >= 0.3 is 0 Å². The van der Waals surface area contributed by atoms with Crippen LogP contribution in [0.1, 0.15) is 31.1 Å². The zero-order valence-corrected chi connectivity index (χ0v) is 16.0. The second kappa shape index (κ2) is 8.60. The van der Waals surface area contributed by atoms with E-state index in [1.807, 2.05) is 66.9 Å². The SMILES string of the molecule is CC(=O)Nc1cccc(C(C)NC(=O)Cc2csc(-c3ccccc3)n2)c1. The standard InChI is InChI=1S/C21H21N3O2S/c1-14(17-9-6-10-18(11-17)23-15(2)25)22-20(26)12-19-13-27-21(24-19)16-7-4-3-5-8-16/h3-11,13-14H,12H2,1-2H3,(H,22,26)(H,23,25). The first-order valence-electron chi connectivity index (χ1n) is 8.68. The monoisotopic (exact) mass is 379 g/mol. The molecular weight excluding hydrogens is 358 g/mol. The third-order valence-electron chi connectivity index (χ3n) is 4.00. The molecule has 1 atom stereocenters. The van der Waals surface area contributed by atoms with Gasteiger partial charge in [-0.1, -0.05) is 42.5 Å². The fourth-order valence-corrected chi connectivity index (χ4v) is 3.56. The van der Waals surface area contributed by atoms with Crippen LogP contribution < -0.4 is 10.6 Å². The largest absolute Gasteiger partial charge is 0.349 e. The van der Waals surface area contributed by atoms with Crippen LogP contribution in [0.2, 0.25) is 0 Å². The van der Waals surface area contributed by atoms with Crippen LogP contribution in [-0.4, -0.2) is 16.8 Å². The van der Waals surface area contributed by atoms with Gasteiger partial charge in [0.2, 0.25) is 11.8 Å². The van der Waals surface area contributed by atoms with Crippen molar-refractivity contribution in [1.82, 2.24) is 10.3 Å². The first kappa shape index (κ1) is 18.8. The van der Waals surface area contributed by atoms with Crippen LogP contribution in [0.3, 0.4) is 0 Å². The Morgan fingerprint density at radius 1 is 1.11 bits per heavy atom. The molecule has 2 aromatic carbocycles. The zero-order chi connectivity index (χ0) is 19.2. The minimum Gasteiger partial charge on any atom is -0.349 e. The minimum atomic E-state index is -0.168. The Morgan fingerprint density at radius 2 is 1.89 bits per heavy atom. The highest BCUT2D eigenvalue weighted by Gasteiger charge is 2.13. The number of hydrogen-bond donors (Lipinski definition) is 2. The van der Waals surface area contributed by atoms with Crippen LogP contribution in [0.5, 0.6) is 0 Å². The number of amides is 2. The van der Waals surface area contributed by atoms with Gasteiger partial charge in [0.05, 0.1) is 18.2 Å². The number of carbonyl (C=O) groups excluding carboxylic acids is 2. The lowest BCUT2D eigenvalue weighted by molar-refractivity contribution is -0.121. The van der Waals surface area contributed by atoms with Gasteiger partial charge in [0.1, 0.15) is 5.01 Å². The maximum atomic E-state index is 12.4. The van der Waals surface area contributed by atoms with Crippen molar-refractivity contribution in [1.29, 1.82) is 0 Å². The molecule has 1 aromatic heterocycles. The maximum absolute atomic E-state index is 12.4. The summed E-state index contributed by atoms with van der Waals surface area (Å²) in [5.74, 6) is -0.209. The minimum absolute atomic E-state index is 0.0858. The molecule has 0 aliphatic carbocycles. The Kier molecular flexibility index (Phi) is 5.98. The first-order valence-corrected chi connectivity index (χ1v) is 9.56.